The van der Waals surface area contributed by atoms with Crippen LogP contribution in [0, 0.1) is 28.8 Å². The van der Waals surface area contributed by atoms with Gasteiger partial charge in [0.05, 0.1) is 17.7 Å². The third-order valence-electron chi connectivity index (χ3n) is 4.11. The maximum atomic E-state index is 13.8. The molecule has 0 aromatic heterocycles. The first kappa shape index (κ1) is 20.7. The topological polar surface area (TPSA) is 70.0 Å². The SMILES string of the molecule is N#CC(c1ccccc1)c1ccc(NS(=O)(=O)c2ccc(F)c(F)c2F)cc1Cl. The zero-order valence-corrected chi connectivity index (χ0v) is 16.1. The van der Waals surface area contributed by atoms with E-state index in [0.29, 0.717) is 23.3 Å². The Kier molecular flexibility index (Phi) is 5.82. The molecule has 1 unspecified atom stereocenters. The summed E-state index contributed by atoms with van der Waals surface area (Å²) in [5.74, 6) is -5.90. The zero-order valence-electron chi connectivity index (χ0n) is 14.5. The van der Waals surface area contributed by atoms with Crippen molar-refractivity contribution < 1.29 is 21.6 Å². The molecule has 29 heavy (non-hydrogen) atoms. The van der Waals surface area contributed by atoms with Gasteiger partial charge in [0.15, 0.2) is 17.5 Å². The predicted molar refractivity (Wildman–Crippen MR) is 102 cm³/mol. The van der Waals surface area contributed by atoms with Gasteiger partial charge in [-0.3, -0.25) is 4.72 Å². The molecule has 0 fully saturated rings. The van der Waals surface area contributed by atoms with Crippen LogP contribution in [0.4, 0.5) is 18.9 Å². The third-order valence-corrected chi connectivity index (χ3v) is 5.84. The Hall–Kier alpha value is -3.02. The van der Waals surface area contributed by atoms with Gasteiger partial charge in [-0.1, -0.05) is 48.0 Å². The number of nitrogens with one attached hydrogen (secondary N) is 1. The van der Waals surface area contributed by atoms with E-state index in [2.05, 4.69) is 10.8 Å². The molecule has 0 spiro atoms. The molecule has 0 amide bonds. The van der Waals surface area contributed by atoms with E-state index in [4.69, 9.17) is 11.6 Å². The first-order chi connectivity index (χ1) is 13.7. The molecule has 148 valence electrons. The highest BCUT2D eigenvalue weighted by molar-refractivity contribution is 7.92. The van der Waals surface area contributed by atoms with Crippen LogP contribution in [0.15, 0.2) is 65.6 Å². The van der Waals surface area contributed by atoms with Gasteiger partial charge in [-0.25, -0.2) is 21.6 Å². The number of halogens is 4. The van der Waals surface area contributed by atoms with Crippen LogP contribution in [0.25, 0.3) is 0 Å². The van der Waals surface area contributed by atoms with E-state index in [1.165, 1.54) is 18.2 Å². The number of hydrogen-bond acceptors (Lipinski definition) is 3. The Labute approximate surface area is 170 Å². The van der Waals surface area contributed by atoms with Crippen LogP contribution in [0.2, 0.25) is 5.02 Å². The van der Waals surface area contributed by atoms with Gasteiger partial charge < -0.3 is 0 Å². The van der Waals surface area contributed by atoms with Gasteiger partial charge >= 0.3 is 0 Å². The molecule has 1 N–H and O–H groups in total. The Bertz CT molecular complexity index is 1210. The summed E-state index contributed by atoms with van der Waals surface area (Å²) >= 11 is 6.24. The number of hydrogen-bond donors (Lipinski definition) is 1. The minimum absolute atomic E-state index is 0.0346. The van der Waals surface area contributed by atoms with Crippen LogP contribution >= 0.6 is 11.6 Å². The maximum absolute atomic E-state index is 13.8. The van der Waals surface area contributed by atoms with E-state index in [-0.39, 0.29) is 10.7 Å². The predicted octanol–water partition coefficient (Wildman–Crippen LogP) is 5.21. The highest BCUT2D eigenvalue weighted by atomic mass is 35.5. The zero-order chi connectivity index (χ0) is 21.2. The van der Waals surface area contributed by atoms with Crippen LogP contribution in [-0.2, 0) is 10.0 Å². The molecule has 3 aromatic carbocycles. The first-order valence-electron chi connectivity index (χ1n) is 8.15. The molecule has 0 aliphatic heterocycles. The van der Waals surface area contributed by atoms with E-state index >= 15 is 0 Å². The fourth-order valence-electron chi connectivity index (χ4n) is 2.72. The number of anilines is 1. The second-order valence-electron chi connectivity index (χ2n) is 5.99. The van der Waals surface area contributed by atoms with Gasteiger partial charge in [-0.2, -0.15) is 5.26 Å². The summed E-state index contributed by atoms with van der Waals surface area (Å²) in [5, 5.41) is 9.62. The molecule has 3 aromatic rings. The lowest BCUT2D eigenvalue weighted by Gasteiger charge is -2.14. The molecular formula is C20H12ClF3N2O2S. The van der Waals surface area contributed by atoms with E-state index in [1.807, 2.05) is 0 Å². The van der Waals surface area contributed by atoms with Crippen molar-refractivity contribution >= 4 is 27.3 Å². The minimum atomic E-state index is -4.55. The Morgan fingerprint density at radius 3 is 2.28 bits per heavy atom. The van der Waals surface area contributed by atoms with Crippen molar-refractivity contribution in [3.05, 3.63) is 94.3 Å². The van der Waals surface area contributed by atoms with Gasteiger partial charge in [0.1, 0.15) is 4.90 Å². The average Bonchev–Trinajstić information content (AvgIpc) is 2.68. The molecule has 3 rings (SSSR count). The van der Waals surface area contributed by atoms with Crippen LogP contribution < -0.4 is 4.72 Å². The Balaban J connectivity index is 1.93. The number of nitriles is 1. The highest BCUT2D eigenvalue weighted by Gasteiger charge is 2.25. The van der Waals surface area contributed by atoms with Crippen LogP contribution in [0.3, 0.4) is 0 Å². The normalized spacial score (nSPS) is 12.2. The summed E-state index contributed by atoms with van der Waals surface area (Å²) in [6.07, 6.45) is 0. The third kappa shape index (κ3) is 4.21. The molecular weight excluding hydrogens is 425 g/mol. The number of benzene rings is 3. The summed E-state index contributed by atoms with van der Waals surface area (Å²) < 4.78 is 67.0. The lowest BCUT2D eigenvalue weighted by molar-refractivity contribution is 0.432. The summed E-state index contributed by atoms with van der Waals surface area (Å²) in [6, 6.07) is 16.2. The summed E-state index contributed by atoms with van der Waals surface area (Å²) in [7, 11) is -4.55. The molecule has 1 atom stereocenters. The van der Waals surface area contributed by atoms with E-state index < -0.39 is 38.3 Å². The highest BCUT2D eigenvalue weighted by Crippen LogP contribution is 2.32. The molecule has 0 saturated carbocycles. The van der Waals surface area contributed by atoms with Gasteiger partial charge in [0, 0.05) is 5.02 Å². The molecule has 0 aliphatic rings. The van der Waals surface area contributed by atoms with Crippen LogP contribution in [0.1, 0.15) is 17.0 Å². The molecule has 4 nitrogen and oxygen atoms in total. The Morgan fingerprint density at radius 1 is 0.966 bits per heavy atom. The molecule has 0 radical (unpaired) electrons. The number of sulfonamides is 1. The van der Waals surface area contributed by atoms with E-state index in [1.54, 1.807) is 30.3 Å². The standard InChI is InChI=1S/C20H12ClF3N2O2S/c21-16-10-13(6-7-14(16)15(11-25)12-4-2-1-3-5-12)26-29(27,28)18-9-8-17(22)19(23)20(18)24/h1-10,15,26H. The number of nitrogens with zero attached hydrogens (tertiary/aromatic N) is 1. The smallest absolute Gasteiger partial charge is 0.264 e. The monoisotopic (exact) mass is 436 g/mol. The van der Waals surface area contributed by atoms with Crippen molar-refractivity contribution in [1.82, 2.24) is 0 Å². The van der Waals surface area contributed by atoms with Gasteiger partial charge in [-0.15, -0.1) is 0 Å². The van der Waals surface area contributed by atoms with Crippen molar-refractivity contribution in [2.75, 3.05) is 4.72 Å². The molecule has 0 saturated heterocycles. The summed E-state index contributed by atoms with van der Waals surface area (Å²) in [4.78, 5) is -1.05. The number of rotatable bonds is 5. The van der Waals surface area contributed by atoms with Crippen molar-refractivity contribution in [2.24, 2.45) is 0 Å². The molecule has 0 aliphatic carbocycles. The average molecular weight is 437 g/mol. The summed E-state index contributed by atoms with van der Waals surface area (Å²) in [5.41, 5.74) is 1.11. The largest absolute Gasteiger partial charge is 0.279 e. The maximum Gasteiger partial charge on any atom is 0.264 e. The second kappa shape index (κ2) is 8.15. The van der Waals surface area contributed by atoms with Crippen LogP contribution in [0.5, 0.6) is 0 Å². The van der Waals surface area contributed by atoms with Crippen molar-refractivity contribution in [3.63, 3.8) is 0 Å². The van der Waals surface area contributed by atoms with Crippen LogP contribution in [-0.4, -0.2) is 8.42 Å². The van der Waals surface area contributed by atoms with Crippen molar-refractivity contribution in [3.8, 4) is 6.07 Å². The Morgan fingerprint density at radius 2 is 1.66 bits per heavy atom. The van der Waals surface area contributed by atoms with E-state index in [9.17, 15) is 26.9 Å². The molecule has 0 bridgehead atoms. The quantitative estimate of drug-likeness (QED) is 0.558. The van der Waals surface area contributed by atoms with Gasteiger partial charge in [-0.05, 0) is 35.4 Å². The lowest BCUT2D eigenvalue weighted by Crippen LogP contribution is -2.16. The van der Waals surface area contributed by atoms with Gasteiger partial charge in [0.25, 0.3) is 10.0 Å². The fraction of sp³-hybridized carbons (Fsp3) is 0.0500. The van der Waals surface area contributed by atoms with E-state index in [0.717, 1.165) is 0 Å². The van der Waals surface area contributed by atoms with Gasteiger partial charge in [0.2, 0.25) is 0 Å². The first-order valence-corrected chi connectivity index (χ1v) is 10.0. The molecule has 0 heterocycles. The van der Waals surface area contributed by atoms with Crippen molar-refractivity contribution in [2.45, 2.75) is 10.8 Å². The second-order valence-corrected chi connectivity index (χ2v) is 8.05. The lowest BCUT2D eigenvalue weighted by atomic mass is 9.92. The molecule has 9 heteroatoms. The summed E-state index contributed by atoms with van der Waals surface area (Å²) in [6.45, 7) is 0. The van der Waals surface area contributed by atoms with Crippen molar-refractivity contribution in [1.29, 1.82) is 5.26 Å². The fourth-order valence-corrected chi connectivity index (χ4v) is 4.13. The minimum Gasteiger partial charge on any atom is -0.279 e.